The number of fused-ring (bicyclic) bond motifs is 1. The van der Waals surface area contributed by atoms with Gasteiger partial charge in [0.1, 0.15) is 12.7 Å². The van der Waals surface area contributed by atoms with Gasteiger partial charge in [-0.2, -0.15) is 5.26 Å². The van der Waals surface area contributed by atoms with Crippen molar-refractivity contribution in [1.82, 2.24) is 4.40 Å². The molecule has 138 valence electrons. The zero-order valence-electron chi connectivity index (χ0n) is 14.9. The zero-order chi connectivity index (χ0) is 19.4. The van der Waals surface area contributed by atoms with Gasteiger partial charge in [0.15, 0.2) is 11.5 Å². The number of benzene rings is 1. The molecular weight excluding hydrogens is 412 g/mol. The number of pyridine rings is 1. The molecule has 3 aromatic rings. The lowest BCUT2D eigenvalue weighted by Crippen LogP contribution is -2.09. The molecule has 2 aromatic heterocycles. The molecule has 1 aromatic carbocycles. The summed E-state index contributed by atoms with van der Waals surface area (Å²) in [4.78, 5) is 12.3. The van der Waals surface area contributed by atoms with E-state index in [4.69, 9.17) is 14.2 Å². The maximum absolute atomic E-state index is 12.3. The summed E-state index contributed by atoms with van der Waals surface area (Å²) in [5.41, 5.74) is 2.69. The van der Waals surface area contributed by atoms with Gasteiger partial charge in [0, 0.05) is 22.4 Å². The highest BCUT2D eigenvalue weighted by Crippen LogP contribution is 2.33. The topological polar surface area (TPSA) is 73.0 Å². The average Bonchev–Trinajstić information content (AvgIpc) is 3.05. The molecule has 2 heterocycles. The molecule has 0 amide bonds. The Morgan fingerprint density at radius 3 is 2.63 bits per heavy atom. The number of rotatable bonds is 6. The number of methoxy groups -OCH3 is 2. The van der Waals surface area contributed by atoms with Gasteiger partial charge >= 0.3 is 5.97 Å². The number of carbonyl (C=O) groups excluding carboxylic acids is 1. The Labute approximate surface area is 165 Å². The number of carbonyl (C=O) groups is 1. The third-order valence-corrected chi connectivity index (χ3v) is 4.89. The first-order valence-electron chi connectivity index (χ1n) is 8.12. The molecule has 0 atom stereocenters. The number of hydrogen-bond acceptors (Lipinski definition) is 5. The zero-order valence-corrected chi connectivity index (χ0v) is 16.4. The van der Waals surface area contributed by atoms with Gasteiger partial charge in [-0.15, -0.1) is 0 Å². The van der Waals surface area contributed by atoms with Gasteiger partial charge in [0.25, 0.3) is 0 Å². The molecule has 0 aliphatic carbocycles. The van der Waals surface area contributed by atoms with Crippen LogP contribution in [0.4, 0.5) is 0 Å². The van der Waals surface area contributed by atoms with Crippen LogP contribution in [0.15, 0.2) is 47.2 Å². The predicted octanol–water partition coefficient (Wildman–Crippen LogP) is 3.88. The summed E-state index contributed by atoms with van der Waals surface area (Å²) in [6.45, 7) is 0.0360. The second kappa shape index (κ2) is 8.14. The van der Waals surface area contributed by atoms with Crippen molar-refractivity contribution >= 4 is 27.4 Å². The Balaban J connectivity index is 1.73. The first kappa shape index (κ1) is 18.8. The van der Waals surface area contributed by atoms with Crippen molar-refractivity contribution in [2.45, 2.75) is 13.0 Å². The van der Waals surface area contributed by atoms with E-state index in [9.17, 15) is 10.1 Å². The third-order valence-electron chi connectivity index (χ3n) is 4.15. The highest BCUT2D eigenvalue weighted by Gasteiger charge is 2.15. The van der Waals surface area contributed by atoms with E-state index in [0.29, 0.717) is 22.6 Å². The molecule has 0 bridgehead atoms. The minimum Gasteiger partial charge on any atom is -0.493 e. The molecule has 7 heteroatoms. The number of hydrogen-bond donors (Lipinski definition) is 0. The molecule has 0 aliphatic heterocycles. The second-order valence-electron chi connectivity index (χ2n) is 5.77. The molecule has 6 nitrogen and oxygen atoms in total. The van der Waals surface area contributed by atoms with Crippen LogP contribution in [0.25, 0.3) is 5.52 Å². The number of ether oxygens (including phenoxy) is 3. The fourth-order valence-electron chi connectivity index (χ4n) is 2.81. The minimum absolute atomic E-state index is 0.0360. The summed E-state index contributed by atoms with van der Waals surface area (Å²) in [6, 6.07) is 11.2. The Morgan fingerprint density at radius 1 is 1.19 bits per heavy atom. The molecule has 0 N–H and O–H groups in total. The molecule has 0 fully saturated rings. The van der Waals surface area contributed by atoms with E-state index in [0.717, 1.165) is 15.6 Å². The highest BCUT2D eigenvalue weighted by atomic mass is 79.9. The van der Waals surface area contributed by atoms with Crippen molar-refractivity contribution in [1.29, 1.82) is 5.26 Å². The van der Waals surface area contributed by atoms with Crippen LogP contribution in [-0.2, 0) is 22.6 Å². The van der Waals surface area contributed by atoms with Gasteiger partial charge in [-0.05, 0) is 29.8 Å². The van der Waals surface area contributed by atoms with Crippen LogP contribution in [0.1, 0.15) is 16.7 Å². The largest absolute Gasteiger partial charge is 0.493 e. The number of halogens is 1. The standard InChI is InChI=1S/C20H17BrN2O4/c1-25-18-7-13(16(21)9-19(18)26-2)8-20(24)27-12-14-11-23-6-4-3-5-17(23)15(14)10-22/h3-7,9,11H,8,12H2,1-2H3. The second-order valence-corrected chi connectivity index (χ2v) is 6.62. The van der Waals surface area contributed by atoms with E-state index in [1.807, 2.05) is 28.8 Å². The average molecular weight is 429 g/mol. The molecule has 0 radical (unpaired) electrons. The lowest BCUT2D eigenvalue weighted by Gasteiger charge is -2.11. The lowest BCUT2D eigenvalue weighted by molar-refractivity contribution is -0.144. The van der Waals surface area contributed by atoms with Crippen molar-refractivity contribution in [3.8, 4) is 17.6 Å². The molecule has 0 saturated carbocycles. The van der Waals surface area contributed by atoms with Crippen LogP contribution in [-0.4, -0.2) is 24.6 Å². The fraction of sp³-hybridized carbons (Fsp3) is 0.200. The Hall–Kier alpha value is -2.98. The van der Waals surface area contributed by atoms with Crippen LogP contribution in [0.2, 0.25) is 0 Å². The van der Waals surface area contributed by atoms with Gasteiger partial charge in [0.2, 0.25) is 0 Å². The van der Waals surface area contributed by atoms with E-state index in [1.165, 1.54) is 7.11 Å². The van der Waals surface area contributed by atoms with E-state index in [2.05, 4.69) is 22.0 Å². The van der Waals surface area contributed by atoms with Crippen LogP contribution in [0.5, 0.6) is 11.5 Å². The number of nitrogens with zero attached hydrogens (tertiary/aromatic N) is 2. The van der Waals surface area contributed by atoms with Crippen molar-refractivity contribution in [2.24, 2.45) is 0 Å². The number of aromatic nitrogens is 1. The highest BCUT2D eigenvalue weighted by molar-refractivity contribution is 9.10. The van der Waals surface area contributed by atoms with Crippen LogP contribution in [0, 0.1) is 11.3 Å². The normalized spacial score (nSPS) is 10.4. The Morgan fingerprint density at radius 2 is 1.93 bits per heavy atom. The van der Waals surface area contributed by atoms with Crippen molar-refractivity contribution in [3.05, 3.63) is 63.9 Å². The number of nitriles is 1. The summed E-state index contributed by atoms with van der Waals surface area (Å²) >= 11 is 3.43. The first-order valence-corrected chi connectivity index (χ1v) is 8.91. The lowest BCUT2D eigenvalue weighted by atomic mass is 10.1. The molecule has 0 spiro atoms. The molecule has 27 heavy (non-hydrogen) atoms. The molecule has 3 rings (SSSR count). The van der Waals surface area contributed by atoms with Crippen LogP contribution < -0.4 is 9.47 Å². The van der Waals surface area contributed by atoms with E-state index in [1.54, 1.807) is 25.4 Å². The van der Waals surface area contributed by atoms with Gasteiger partial charge < -0.3 is 18.6 Å². The van der Waals surface area contributed by atoms with E-state index in [-0.39, 0.29) is 13.0 Å². The summed E-state index contributed by atoms with van der Waals surface area (Å²) in [7, 11) is 3.09. The third kappa shape index (κ3) is 3.91. The van der Waals surface area contributed by atoms with Crippen LogP contribution >= 0.6 is 15.9 Å². The minimum atomic E-state index is -0.401. The van der Waals surface area contributed by atoms with Gasteiger partial charge in [-0.25, -0.2) is 0 Å². The quantitative estimate of drug-likeness (QED) is 0.557. The fourth-order valence-corrected chi connectivity index (χ4v) is 3.28. The Bertz CT molecular complexity index is 1040. The summed E-state index contributed by atoms with van der Waals surface area (Å²) in [6.07, 6.45) is 3.71. The summed E-state index contributed by atoms with van der Waals surface area (Å²) < 4.78 is 18.5. The van der Waals surface area contributed by atoms with Gasteiger partial charge in [-0.3, -0.25) is 4.79 Å². The first-order chi connectivity index (χ1) is 13.1. The molecular formula is C20H17BrN2O4. The SMILES string of the molecule is COc1cc(Br)c(CC(=O)OCc2cn3ccccc3c2C#N)cc1OC. The van der Waals surface area contributed by atoms with Crippen molar-refractivity contribution in [3.63, 3.8) is 0 Å². The molecule has 0 unspecified atom stereocenters. The number of esters is 1. The molecule has 0 saturated heterocycles. The maximum atomic E-state index is 12.3. The monoisotopic (exact) mass is 428 g/mol. The summed E-state index contributed by atoms with van der Waals surface area (Å²) in [5, 5.41) is 9.41. The van der Waals surface area contributed by atoms with Gasteiger partial charge in [0.05, 0.1) is 31.7 Å². The smallest absolute Gasteiger partial charge is 0.310 e. The Kier molecular flexibility index (Phi) is 5.67. The maximum Gasteiger partial charge on any atom is 0.310 e. The van der Waals surface area contributed by atoms with Crippen molar-refractivity contribution in [2.75, 3.05) is 14.2 Å². The van der Waals surface area contributed by atoms with E-state index < -0.39 is 5.97 Å². The molecule has 0 aliphatic rings. The predicted molar refractivity (Wildman–Crippen MR) is 103 cm³/mol. The van der Waals surface area contributed by atoms with Crippen LogP contribution in [0.3, 0.4) is 0 Å². The van der Waals surface area contributed by atoms with E-state index >= 15 is 0 Å². The van der Waals surface area contributed by atoms with Crippen molar-refractivity contribution < 1.29 is 19.0 Å². The summed E-state index contributed by atoms with van der Waals surface area (Å²) in [5.74, 6) is 0.705. The van der Waals surface area contributed by atoms with Gasteiger partial charge in [-0.1, -0.05) is 22.0 Å².